The predicted octanol–water partition coefficient (Wildman–Crippen LogP) is 5.18. The molecule has 25 heavy (non-hydrogen) atoms. The maximum Gasteiger partial charge on any atom is 0.149 e. The molecular weight excluding hydrogens is 446 g/mol. The third kappa shape index (κ3) is 3.57. The first-order chi connectivity index (χ1) is 11.7. The van der Waals surface area contributed by atoms with Gasteiger partial charge in [-0.1, -0.05) is 28.1 Å². The quantitative estimate of drug-likeness (QED) is 0.457. The van der Waals surface area contributed by atoms with Crippen molar-refractivity contribution in [3.63, 3.8) is 0 Å². The van der Waals surface area contributed by atoms with Crippen LogP contribution in [0.3, 0.4) is 0 Å². The van der Waals surface area contributed by atoms with Crippen LogP contribution in [0.25, 0.3) is 17.0 Å². The molecule has 126 valence electrons. The standard InChI is InChI=1S/C18H14BrN5.BrH/c1-12-18(24-8-3-2-7-17(24)21-12)15-10-20-11-16(23-15)22-14-6-4-5-13(19)9-14;/h2-11H,1H3,(H,22,23);1H. The van der Waals surface area contributed by atoms with E-state index in [2.05, 4.69) is 31.2 Å². The molecule has 0 aliphatic carbocycles. The van der Waals surface area contributed by atoms with Gasteiger partial charge in [-0.25, -0.2) is 9.97 Å². The maximum absolute atomic E-state index is 4.70. The van der Waals surface area contributed by atoms with Crippen LogP contribution in [0.4, 0.5) is 11.5 Å². The zero-order valence-electron chi connectivity index (χ0n) is 13.3. The molecule has 4 rings (SSSR count). The molecule has 0 aliphatic rings. The molecular formula is C18H15Br2N5. The number of halogens is 2. The summed E-state index contributed by atoms with van der Waals surface area (Å²) in [6, 6.07) is 13.9. The number of anilines is 2. The second-order valence-electron chi connectivity index (χ2n) is 5.40. The van der Waals surface area contributed by atoms with E-state index >= 15 is 0 Å². The van der Waals surface area contributed by atoms with Crippen molar-refractivity contribution < 1.29 is 0 Å². The number of aromatic nitrogens is 4. The predicted molar refractivity (Wildman–Crippen MR) is 109 cm³/mol. The molecule has 1 aromatic carbocycles. The molecule has 0 amide bonds. The normalized spacial score (nSPS) is 10.5. The van der Waals surface area contributed by atoms with Gasteiger partial charge in [0.1, 0.15) is 17.2 Å². The Kier molecular flexibility index (Phi) is 5.15. The van der Waals surface area contributed by atoms with Crippen molar-refractivity contribution in [2.75, 3.05) is 5.32 Å². The minimum Gasteiger partial charge on any atom is -0.339 e. The molecule has 4 aromatic rings. The van der Waals surface area contributed by atoms with Crippen LogP contribution >= 0.6 is 32.9 Å². The Morgan fingerprint density at radius 3 is 2.76 bits per heavy atom. The zero-order valence-corrected chi connectivity index (χ0v) is 16.6. The molecule has 0 atom stereocenters. The minimum atomic E-state index is 0. The lowest BCUT2D eigenvalue weighted by molar-refractivity contribution is 1.13. The number of nitrogens with zero attached hydrogens (tertiary/aromatic N) is 4. The van der Waals surface area contributed by atoms with Crippen molar-refractivity contribution in [2.45, 2.75) is 6.92 Å². The molecule has 0 fully saturated rings. The number of nitrogens with one attached hydrogen (secondary N) is 1. The molecule has 0 radical (unpaired) electrons. The lowest BCUT2D eigenvalue weighted by Gasteiger charge is -2.08. The van der Waals surface area contributed by atoms with Gasteiger partial charge in [0, 0.05) is 16.4 Å². The highest BCUT2D eigenvalue weighted by atomic mass is 79.9. The van der Waals surface area contributed by atoms with Crippen LogP contribution in [0.2, 0.25) is 0 Å². The number of pyridine rings is 1. The van der Waals surface area contributed by atoms with Gasteiger partial charge >= 0.3 is 0 Å². The van der Waals surface area contributed by atoms with Crippen LogP contribution in [0, 0.1) is 6.92 Å². The van der Waals surface area contributed by atoms with Crippen LogP contribution < -0.4 is 5.32 Å². The van der Waals surface area contributed by atoms with Gasteiger partial charge in [0.05, 0.1) is 23.8 Å². The van der Waals surface area contributed by atoms with Crippen molar-refractivity contribution in [3.05, 3.63) is 71.2 Å². The molecule has 3 heterocycles. The van der Waals surface area contributed by atoms with Crippen molar-refractivity contribution in [1.82, 2.24) is 19.4 Å². The molecule has 0 saturated heterocycles. The first-order valence-electron chi connectivity index (χ1n) is 7.49. The van der Waals surface area contributed by atoms with Crippen LogP contribution in [0.15, 0.2) is 65.5 Å². The van der Waals surface area contributed by atoms with Gasteiger partial charge in [0.15, 0.2) is 0 Å². The van der Waals surface area contributed by atoms with E-state index in [0.717, 1.165) is 32.9 Å². The van der Waals surface area contributed by atoms with Crippen molar-refractivity contribution >= 4 is 50.1 Å². The number of benzene rings is 1. The van der Waals surface area contributed by atoms with Gasteiger partial charge in [0.25, 0.3) is 0 Å². The van der Waals surface area contributed by atoms with Crippen molar-refractivity contribution in [2.24, 2.45) is 0 Å². The monoisotopic (exact) mass is 459 g/mol. The fourth-order valence-electron chi connectivity index (χ4n) is 2.68. The summed E-state index contributed by atoms with van der Waals surface area (Å²) in [5.74, 6) is 0.691. The summed E-state index contributed by atoms with van der Waals surface area (Å²) >= 11 is 3.47. The summed E-state index contributed by atoms with van der Waals surface area (Å²) in [6.07, 6.45) is 5.46. The highest BCUT2D eigenvalue weighted by molar-refractivity contribution is 9.10. The first-order valence-corrected chi connectivity index (χ1v) is 8.29. The average Bonchev–Trinajstić information content (AvgIpc) is 2.91. The molecule has 0 aliphatic heterocycles. The van der Waals surface area contributed by atoms with E-state index in [1.165, 1.54) is 0 Å². The second kappa shape index (κ2) is 7.33. The van der Waals surface area contributed by atoms with E-state index in [0.29, 0.717) is 5.82 Å². The van der Waals surface area contributed by atoms with E-state index in [9.17, 15) is 0 Å². The van der Waals surface area contributed by atoms with Crippen LogP contribution in [-0.4, -0.2) is 19.4 Å². The third-order valence-corrected chi connectivity index (χ3v) is 4.17. The summed E-state index contributed by atoms with van der Waals surface area (Å²) in [4.78, 5) is 13.6. The average molecular weight is 461 g/mol. The Morgan fingerprint density at radius 2 is 1.92 bits per heavy atom. The Hall–Kier alpha value is -2.25. The fraction of sp³-hybridized carbons (Fsp3) is 0.0556. The van der Waals surface area contributed by atoms with E-state index < -0.39 is 0 Å². The molecule has 0 spiro atoms. The first kappa shape index (κ1) is 17.6. The Balaban J connectivity index is 0.00000182. The minimum absolute atomic E-state index is 0. The van der Waals surface area contributed by atoms with E-state index in [1.807, 2.05) is 60.0 Å². The zero-order chi connectivity index (χ0) is 16.5. The molecule has 7 heteroatoms. The summed E-state index contributed by atoms with van der Waals surface area (Å²) in [5, 5.41) is 3.28. The summed E-state index contributed by atoms with van der Waals surface area (Å²) in [7, 11) is 0. The van der Waals surface area contributed by atoms with Gasteiger partial charge in [0.2, 0.25) is 0 Å². The number of hydrogen-bond donors (Lipinski definition) is 1. The van der Waals surface area contributed by atoms with E-state index in [-0.39, 0.29) is 17.0 Å². The SMILES string of the molecule is Br.Cc1nc2ccccn2c1-c1cncc(Nc2cccc(Br)c2)n1. The highest BCUT2D eigenvalue weighted by Crippen LogP contribution is 2.25. The van der Waals surface area contributed by atoms with E-state index in [1.54, 1.807) is 12.4 Å². The van der Waals surface area contributed by atoms with Gasteiger partial charge in [-0.3, -0.25) is 9.38 Å². The number of aryl methyl sites for hydroxylation is 1. The van der Waals surface area contributed by atoms with Crippen LogP contribution in [0.1, 0.15) is 5.69 Å². The molecule has 0 unspecified atom stereocenters. The highest BCUT2D eigenvalue weighted by Gasteiger charge is 2.12. The van der Waals surface area contributed by atoms with E-state index in [4.69, 9.17) is 4.98 Å². The van der Waals surface area contributed by atoms with Crippen LogP contribution in [0.5, 0.6) is 0 Å². The molecule has 3 aromatic heterocycles. The molecule has 0 saturated carbocycles. The topological polar surface area (TPSA) is 55.1 Å². The largest absolute Gasteiger partial charge is 0.339 e. The number of hydrogen-bond acceptors (Lipinski definition) is 4. The number of fused-ring (bicyclic) bond motifs is 1. The number of imidazole rings is 1. The van der Waals surface area contributed by atoms with Crippen molar-refractivity contribution in [1.29, 1.82) is 0 Å². The third-order valence-electron chi connectivity index (χ3n) is 3.68. The molecule has 0 bridgehead atoms. The maximum atomic E-state index is 4.70. The van der Waals surface area contributed by atoms with Gasteiger partial charge < -0.3 is 5.32 Å². The Labute approximate surface area is 164 Å². The summed E-state index contributed by atoms with van der Waals surface area (Å²) in [6.45, 7) is 1.98. The summed E-state index contributed by atoms with van der Waals surface area (Å²) in [5.41, 5.74) is 4.51. The number of rotatable bonds is 3. The van der Waals surface area contributed by atoms with Crippen LogP contribution in [-0.2, 0) is 0 Å². The second-order valence-corrected chi connectivity index (χ2v) is 6.32. The Morgan fingerprint density at radius 1 is 1.04 bits per heavy atom. The smallest absolute Gasteiger partial charge is 0.149 e. The van der Waals surface area contributed by atoms with Crippen molar-refractivity contribution in [3.8, 4) is 11.4 Å². The lowest BCUT2D eigenvalue weighted by atomic mass is 10.2. The molecule has 1 N–H and O–H groups in total. The van der Waals surface area contributed by atoms with Gasteiger partial charge in [-0.05, 0) is 37.3 Å². The lowest BCUT2D eigenvalue weighted by Crippen LogP contribution is -1.98. The Bertz CT molecular complexity index is 1030. The van der Waals surface area contributed by atoms with Gasteiger partial charge in [-0.15, -0.1) is 17.0 Å². The molecule has 5 nitrogen and oxygen atoms in total. The fourth-order valence-corrected chi connectivity index (χ4v) is 3.08. The van der Waals surface area contributed by atoms with Gasteiger partial charge in [-0.2, -0.15) is 0 Å². The summed E-state index contributed by atoms with van der Waals surface area (Å²) < 4.78 is 3.04.